The molecule has 3 rings (SSSR count). The van der Waals surface area contributed by atoms with Crippen molar-refractivity contribution in [2.75, 3.05) is 10.6 Å². The molecule has 3 aromatic rings. The minimum atomic E-state index is -0.0955. The van der Waals surface area contributed by atoms with Crippen molar-refractivity contribution >= 4 is 73.9 Å². The first kappa shape index (κ1) is 19.7. The van der Waals surface area contributed by atoms with Crippen LogP contribution in [0.25, 0.3) is 11.3 Å². The Balaban J connectivity index is 0.00000225. The van der Waals surface area contributed by atoms with E-state index in [1.165, 1.54) is 18.3 Å². The molecule has 4 nitrogen and oxygen atoms in total. The van der Waals surface area contributed by atoms with Crippen LogP contribution >= 0.6 is 51.5 Å². The van der Waals surface area contributed by atoms with E-state index in [2.05, 4.69) is 15.6 Å². The van der Waals surface area contributed by atoms with Gasteiger partial charge in [0, 0.05) is 29.2 Å². The maximum Gasteiger partial charge on any atom is 0.221 e. The summed E-state index contributed by atoms with van der Waals surface area (Å²) in [5, 5.41) is 9.71. The molecule has 0 aliphatic rings. The number of hydrogen-bond donors (Lipinski definition) is 2. The molecule has 0 spiro atoms. The molecule has 25 heavy (non-hydrogen) atoms. The van der Waals surface area contributed by atoms with E-state index in [0.717, 1.165) is 27.8 Å². The van der Waals surface area contributed by atoms with Crippen molar-refractivity contribution in [3.05, 3.63) is 57.9 Å². The Bertz CT molecular complexity index is 884. The van der Waals surface area contributed by atoms with Crippen molar-refractivity contribution in [3.8, 4) is 11.3 Å². The summed E-state index contributed by atoms with van der Waals surface area (Å²) in [6, 6.07) is 12.9. The normalized spacial score (nSPS) is 10.0. The molecule has 1 amide bonds. The van der Waals surface area contributed by atoms with Crippen LogP contribution in [0.15, 0.2) is 47.8 Å². The van der Waals surface area contributed by atoms with Gasteiger partial charge in [-0.1, -0.05) is 29.3 Å². The summed E-state index contributed by atoms with van der Waals surface area (Å²) >= 11 is 13.5. The lowest BCUT2D eigenvalue weighted by Crippen LogP contribution is -2.05. The molecule has 0 unspecified atom stereocenters. The van der Waals surface area contributed by atoms with E-state index in [4.69, 9.17) is 23.2 Å². The number of anilines is 3. The van der Waals surface area contributed by atoms with E-state index in [9.17, 15) is 4.79 Å². The highest BCUT2D eigenvalue weighted by Gasteiger charge is 2.07. The molecule has 1 heterocycles. The van der Waals surface area contributed by atoms with Gasteiger partial charge in [-0.2, -0.15) is 0 Å². The Morgan fingerprint density at radius 1 is 1.04 bits per heavy atom. The molecule has 2 aromatic carbocycles. The third-order valence-corrected chi connectivity index (χ3v) is 4.67. The SMILES string of the molecule is Br.CC(=O)Nc1ccc(Nc2nc(-c3ccc(Cl)c(Cl)c3)cs2)cc1. The van der Waals surface area contributed by atoms with E-state index >= 15 is 0 Å². The van der Waals surface area contributed by atoms with Crippen molar-refractivity contribution in [1.82, 2.24) is 4.98 Å². The average molecular weight is 459 g/mol. The lowest BCUT2D eigenvalue weighted by molar-refractivity contribution is -0.114. The summed E-state index contributed by atoms with van der Waals surface area (Å²) in [6.07, 6.45) is 0. The van der Waals surface area contributed by atoms with Gasteiger partial charge in [0.15, 0.2) is 5.13 Å². The standard InChI is InChI=1S/C17H13Cl2N3OS.BrH/c1-10(23)20-12-3-5-13(6-4-12)21-17-22-16(9-24-17)11-2-7-14(18)15(19)8-11;/h2-9H,1H3,(H,20,23)(H,21,22);1H. The number of rotatable bonds is 4. The van der Waals surface area contributed by atoms with Gasteiger partial charge >= 0.3 is 0 Å². The van der Waals surface area contributed by atoms with Gasteiger partial charge < -0.3 is 10.6 Å². The third-order valence-electron chi connectivity index (χ3n) is 3.18. The Kier molecular flexibility index (Phi) is 6.84. The Morgan fingerprint density at radius 2 is 1.72 bits per heavy atom. The zero-order valence-corrected chi connectivity index (χ0v) is 17.1. The molecule has 2 N–H and O–H groups in total. The zero-order chi connectivity index (χ0) is 17.1. The molecule has 0 fully saturated rings. The molecule has 0 aliphatic heterocycles. The van der Waals surface area contributed by atoms with Crippen molar-refractivity contribution in [2.24, 2.45) is 0 Å². The first-order valence-electron chi connectivity index (χ1n) is 7.07. The molecule has 8 heteroatoms. The largest absolute Gasteiger partial charge is 0.332 e. The fraction of sp³-hybridized carbons (Fsp3) is 0.0588. The molecule has 0 bridgehead atoms. The number of benzene rings is 2. The Labute approximate surface area is 170 Å². The second-order valence-electron chi connectivity index (χ2n) is 5.05. The van der Waals surface area contributed by atoms with Crippen LogP contribution < -0.4 is 10.6 Å². The molecule has 0 saturated heterocycles. The van der Waals surface area contributed by atoms with Crippen molar-refractivity contribution < 1.29 is 4.79 Å². The molecular formula is C17H14BrCl2N3OS. The molecule has 1 aromatic heterocycles. The maximum atomic E-state index is 11.0. The van der Waals surface area contributed by atoms with Gasteiger partial charge in [0.2, 0.25) is 5.91 Å². The van der Waals surface area contributed by atoms with Gasteiger partial charge in [-0.15, -0.1) is 28.3 Å². The number of nitrogens with zero attached hydrogens (tertiary/aromatic N) is 1. The topological polar surface area (TPSA) is 54.0 Å². The molecular weight excluding hydrogens is 445 g/mol. The zero-order valence-electron chi connectivity index (χ0n) is 13.0. The van der Waals surface area contributed by atoms with Gasteiger partial charge in [0.05, 0.1) is 15.7 Å². The number of aromatic nitrogens is 1. The number of halogens is 3. The Hall–Kier alpha value is -1.60. The first-order chi connectivity index (χ1) is 11.5. The van der Waals surface area contributed by atoms with Gasteiger partial charge in [-0.05, 0) is 36.4 Å². The van der Waals surface area contributed by atoms with Gasteiger partial charge in [0.1, 0.15) is 0 Å². The highest BCUT2D eigenvalue weighted by Crippen LogP contribution is 2.31. The van der Waals surface area contributed by atoms with Crippen LogP contribution in [0.1, 0.15) is 6.92 Å². The summed E-state index contributed by atoms with van der Waals surface area (Å²) in [6.45, 7) is 1.48. The van der Waals surface area contributed by atoms with Crippen LogP contribution in [0.4, 0.5) is 16.5 Å². The van der Waals surface area contributed by atoms with E-state index in [1.807, 2.05) is 35.7 Å². The fourth-order valence-electron chi connectivity index (χ4n) is 2.08. The first-order valence-corrected chi connectivity index (χ1v) is 8.70. The number of nitrogens with one attached hydrogen (secondary N) is 2. The van der Waals surface area contributed by atoms with Crippen LogP contribution in [-0.4, -0.2) is 10.9 Å². The van der Waals surface area contributed by atoms with Crippen molar-refractivity contribution in [3.63, 3.8) is 0 Å². The van der Waals surface area contributed by atoms with Crippen LogP contribution in [0, 0.1) is 0 Å². The quantitative estimate of drug-likeness (QED) is 0.475. The number of amides is 1. The third kappa shape index (κ3) is 5.19. The highest BCUT2D eigenvalue weighted by atomic mass is 79.9. The van der Waals surface area contributed by atoms with E-state index in [-0.39, 0.29) is 22.9 Å². The van der Waals surface area contributed by atoms with Crippen LogP contribution in [0.5, 0.6) is 0 Å². The van der Waals surface area contributed by atoms with Crippen LogP contribution in [0.3, 0.4) is 0 Å². The number of carbonyl (C=O) groups is 1. The summed E-state index contributed by atoms with van der Waals surface area (Å²) in [5.41, 5.74) is 3.38. The van der Waals surface area contributed by atoms with E-state index < -0.39 is 0 Å². The minimum absolute atomic E-state index is 0. The monoisotopic (exact) mass is 457 g/mol. The minimum Gasteiger partial charge on any atom is -0.332 e. The summed E-state index contributed by atoms with van der Waals surface area (Å²) in [5.74, 6) is -0.0955. The second-order valence-corrected chi connectivity index (χ2v) is 6.72. The molecule has 0 aliphatic carbocycles. The predicted octanol–water partition coefficient (Wildman–Crippen LogP) is 6.40. The fourth-order valence-corrected chi connectivity index (χ4v) is 3.12. The summed E-state index contributed by atoms with van der Waals surface area (Å²) < 4.78 is 0. The van der Waals surface area contributed by atoms with Gasteiger partial charge in [-0.3, -0.25) is 4.79 Å². The molecule has 0 radical (unpaired) electrons. The second kappa shape index (κ2) is 8.67. The number of carbonyl (C=O) groups excluding carboxylic acids is 1. The molecule has 0 atom stereocenters. The van der Waals surface area contributed by atoms with Gasteiger partial charge in [0.25, 0.3) is 0 Å². The molecule has 130 valence electrons. The van der Waals surface area contributed by atoms with Gasteiger partial charge in [-0.25, -0.2) is 4.98 Å². The highest BCUT2D eigenvalue weighted by molar-refractivity contribution is 8.93. The van der Waals surface area contributed by atoms with Crippen LogP contribution in [0.2, 0.25) is 10.0 Å². The smallest absolute Gasteiger partial charge is 0.221 e. The predicted molar refractivity (Wildman–Crippen MR) is 112 cm³/mol. The van der Waals surface area contributed by atoms with E-state index in [0.29, 0.717) is 10.0 Å². The maximum absolute atomic E-state index is 11.0. The van der Waals surface area contributed by atoms with Crippen molar-refractivity contribution in [2.45, 2.75) is 6.92 Å². The summed E-state index contributed by atoms with van der Waals surface area (Å²) in [7, 11) is 0. The lowest BCUT2D eigenvalue weighted by Gasteiger charge is -2.05. The number of thiazole rings is 1. The number of hydrogen-bond acceptors (Lipinski definition) is 4. The molecule has 0 saturated carbocycles. The Morgan fingerprint density at radius 3 is 2.36 bits per heavy atom. The lowest BCUT2D eigenvalue weighted by atomic mass is 10.2. The average Bonchev–Trinajstić information content (AvgIpc) is 3.00. The summed E-state index contributed by atoms with van der Waals surface area (Å²) in [4.78, 5) is 15.6. The van der Waals surface area contributed by atoms with E-state index in [1.54, 1.807) is 12.1 Å². The van der Waals surface area contributed by atoms with Crippen LogP contribution in [-0.2, 0) is 4.79 Å². The van der Waals surface area contributed by atoms with Crippen molar-refractivity contribution in [1.29, 1.82) is 0 Å².